The van der Waals surface area contributed by atoms with Crippen LogP contribution in [0.5, 0.6) is 0 Å². The van der Waals surface area contributed by atoms with Gasteiger partial charge in [-0.1, -0.05) is 18.5 Å². The summed E-state index contributed by atoms with van der Waals surface area (Å²) in [4.78, 5) is 1.39. The summed E-state index contributed by atoms with van der Waals surface area (Å²) in [7, 11) is -3.94. The molecule has 0 unspecified atom stereocenters. The van der Waals surface area contributed by atoms with E-state index >= 15 is 0 Å². The molecule has 0 bridgehead atoms. The lowest BCUT2D eigenvalue weighted by molar-refractivity contribution is 0.235. The first-order chi connectivity index (χ1) is 10.4. The Labute approximate surface area is 135 Å². The third-order valence-electron chi connectivity index (χ3n) is 3.85. The molecular formula is C15H18ClN3O2S. The van der Waals surface area contributed by atoms with Crippen molar-refractivity contribution in [2.24, 2.45) is 11.7 Å². The standard InChI is InChI=1S/C15H18ClN3O2S/c1-11-6-8-19(9-7-11)15(18)14(10-17)22(20,21)13-4-2-12(16)3-5-13/h2-5,11H,6-9,18H2,1H3/b15-14+. The highest BCUT2D eigenvalue weighted by Gasteiger charge is 2.27. The SMILES string of the molecule is CC1CCN(/C(N)=C(\C#N)S(=O)(=O)c2ccc(Cl)cc2)CC1. The van der Waals surface area contributed by atoms with Gasteiger partial charge in [-0.2, -0.15) is 5.26 Å². The van der Waals surface area contributed by atoms with Crippen LogP contribution in [0.3, 0.4) is 0 Å². The van der Waals surface area contributed by atoms with E-state index in [4.69, 9.17) is 17.3 Å². The van der Waals surface area contributed by atoms with Crippen LogP contribution in [0.15, 0.2) is 39.9 Å². The molecule has 0 amide bonds. The maximum absolute atomic E-state index is 12.6. The quantitative estimate of drug-likeness (QED) is 0.855. The fraction of sp³-hybridized carbons (Fsp3) is 0.400. The van der Waals surface area contributed by atoms with Gasteiger partial charge in [-0.05, 0) is 43.0 Å². The van der Waals surface area contributed by atoms with E-state index < -0.39 is 14.7 Å². The second kappa shape index (κ2) is 6.59. The first kappa shape index (κ1) is 16.7. The number of nitrogens with two attached hydrogens (primary N) is 1. The van der Waals surface area contributed by atoms with E-state index in [2.05, 4.69) is 6.92 Å². The molecule has 1 aliphatic rings. The molecule has 5 nitrogen and oxygen atoms in total. The molecule has 0 spiro atoms. The van der Waals surface area contributed by atoms with Gasteiger partial charge in [-0.15, -0.1) is 0 Å². The number of piperidine rings is 1. The number of halogens is 1. The Balaban J connectivity index is 2.39. The first-order valence-electron chi connectivity index (χ1n) is 7.01. The fourth-order valence-corrected chi connectivity index (χ4v) is 3.76. The molecule has 2 N–H and O–H groups in total. The number of likely N-dealkylation sites (tertiary alicyclic amines) is 1. The summed E-state index contributed by atoms with van der Waals surface area (Å²) in [5.41, 5.74) is 5.98. The Morgan fingerprint density at radius 1 is 1.32 bits per heavy atom. The van der Waals surface area contributed by atoms with Gasteiger partial charge >= 0.3 is 0 Å². The minimum absolute atomic E-state index is 0.0155. The molecule has 0 radical (unpaired) electrons. The molecule has 2 rings (SSSR count). The van der Waals surface area contributed by atoms with Crippen molar-refractivity contribution in [2.45, 2.75) is 24.7 Å². The van der Waals surface area contributed by atoms with Gasteiger partial charge in [-0.3, -0.25) is 0 Å². The molecule has 1 aliphatic heterocycles. The average molecular weight is 340 g/mol. The Bertz CT molecular complexity index is 712. The van der Waals surface area contributed by atoms with Crippen LogP contribution in [0.25, 0.3) is 0 Å². The van der Waals surface area contributed by atoms with Crippen molar-refractivity contribution >= 4 is 21.4 Å². The van der Waals surface area contributed by atoms with Crippen molar-refractivity contribution in [2.75, 3.05) is 13.1 Å². The average Bonchev–Trinajstić information content (AvgIpc) is 2.48. The van der Waals surface area contributed by atoms with Crippen LogP contribution in [0.4, 0.5) is 0 Å². The number of hydrogen-bond donors (Lipinski definition) is 1. The van der Waals surface area contributed by atoms with Crippen LogP contribution in [0, 0.1) is 17.2 Å². The highest BCUT2D eigenvalue weighted by Crippen LogP contribution is 2.25. The summed E-state index contributed by atoms with van der Waals surface area (Å²) in [6, 6.07) is 7.46. The fourth-order valence-electron chi connectivity index (χ4n) is 2.38. The molecule has 0 aromatic heterocycles. The zero-order valence-corrected chi connectivity index (χ0v) is 13.9. The van der Waals surface area contributed by atoms with Crippen LogP contribution < -0.4 is 5.73 Å². The van der Waals surface area contributed by atoms with Gasteiger partial charge in [0.25, 0.3) is 0 Å². The number of allylic oxidation sites excluding steroid dienone is 1. The summed E-state index contributed by atoms with van der Waals surface area (Å²) >= 11 is 5.77. The highest BCUT2D eigenvalue weighted by molar-refractivity contribution is 7.95. The predicted octanol–water partition coefficient (Wildman–Crippen LogP) is 2.50. The Kier molecular flexibility index (Phi) is 4.99. The second-order valence-electron chi connectivity index (χ2n) is 5.45. The zero-order valence-electron chi connectivity index (χ0n) is 12.3. The van der Waals surface area contributed by atoms with E-state index in [1.54, 1.807) is 11.0 Å². The molecule has 7 heteroatoms. The van der Waals surface area contributed by atoms with Crippen molar-refractivity contribution in [3.05, 3.63) is 40.0 Å². The largest absolute Gasteiger partial charge is 0.384 e. The molecule has 22 heavy (non-hydrogen) atoms. The monoisotopic (exact) mass is 339 g/mol. The predicted molar refractivity (Wildman–Crippen MR) is 85.4 cm³/mol. The molecule has 0 aliphatic carbocycles. The molecule has 1 fully saturated rings. The maximum atomic E-state index is 12.6. The van der Waals surface area contributed by atoms with E-state index in [1.807, 2.05) is 0 Å². The topological polar surface area (TPSA) is 87.2 Å². The Morgan fingerprint density at radius 2 is 1.86 bits per heavy atom. The van der Waals surface area contributed by atoms with E-state index in [0.29, 0.717) is 24.0 Å². The molecule has 1 aromatic rings. The summed E-state index contributed by atoms with van der Waals surface area (Å²) in [5.74, 6) is 0.617. The second-order valence-corrected chi connectivity index (χ2v) is 7.78. The number of hydrogen-bond acceptors (Lipinski definition) is 5. The van der Waals surface area contributed by atoms with Crippen LogP contribution in [-0.2, 0) is 9.84 Å². The smallest absolute Gasteiger partial charge is 0.220 e. The van der Waals surface area contributed by atoms with Gasteiger partial charge in [-0.25, -0.2) is 8.42 Å². The minimum atomic E-state index is -3.94. The minimum Gasteiger partial charge on any atom is -0.384 e. The molecule has 0 saturated carbocycles. The molecule has 118 valence electrons. The van der Waals surface area contributed by atoms with Gasteiger partial charge in [0, 0.05) is 18.1 Å². The lowest BCUT2D eigenvalue weighted by atomic mass is 9.99. The van der Waals surface area contributed by atoms with Crippen molar-refractivity contribution in [1.82, 2.24) is 4.90 Å². The van der Waals surface area contributed by atoms with Crippen LogP contribution in [-0.4, -0.2) is 26.4 Å². The summed E-state index contributed by atoms with van der Waals surface area (Å²) < 4.78 is 25.2. The number of nitrogens with zero attached hydrogens (tertiary/aromatic N) is 2. The zero-order chi connectivity index (χ0) is 16.3. The van der Waals surface area contributed by atoms with Crippen LogP contribution >= 0.6 is 11.6 Å². The highest BCUT2D eigenvalue weighted by atomic mass is 35.5. The van der Waals surface area contributed by atoms with Gasteiger partial charge in [0.1, 0.15) is 11.9 Å². The van der Waals surface area contributed by atoms with E-state index in [0.717, 1.165) is 12.8 Å². The molecule has 1 saturated heterocycles. The van der Waals surface area contributed by atoms with Crippen molar-refractivity contribution in [3.8, 4) is 6.07 Å². The lowest BCUT2D eigenvalue weighted by Crippen LogP contribution is -2.37. The first-order valence-corrected chi connectivity index (χ1v) is 8.88. The molecular weight excluding hydrogens is 322 g/mol. The van der Waals surface area contributed by atoms with E-state index in [-0.39, 0.29) is 10.7 Å². The normalized spacial score (nSPS) is 17.8. The number of nitriles is 1. The van der Waals surface area contributed by atoms with Crippen LogP contribution in [0.1, 0.15) is 19.8 Å². The van der Waals surface area contributed by atoms with Gasteiger partial charge < -0.3 is 10.6 Å². The maximum Gasteiger partial charge on any atom is 0.220 e. The number of benzene rings is 1. The van der Waals surface area contributed by atoms with Crippen molar-refractivity contribution < 1.29 is 8.42 Å². The summed E-state index contributed by atoms with van der Waals surface area (Å²) in [5, 5.41) is 9.74. The van der Waals surface area contributed by atoms with Gasteiger partial charge in [0.2, 0.25) is 9.84 Å². The molecule has 0 atom stereocenters. The third-order valence-corrected chi connectivity index (χ3v) is 5.83. The Morgan fingerprint density at radius 3 is 2.36 bits per heavy atom. The molecule has 1 aromatic carbocycles. The number of sulfone groups is 1. The van der Waals surface area contributed by atoms with Crippen molar-refractivity contribution in [1.29, 1.82) is 5.26 Å². The number of rotatable bonds is 3. The van der Waals surface area contributed by atoms with E-state index in [9.17, 15) is 13.7 Å². The summed E-state index contributed by atoms with van der Waals surface area (Å²) in [6.45, 7) is 3.47. The van der Waals surface area contributed by atoms with Crippen LogP contribution in [0.2, 0.25) is 5.02 Å². The lowest BCUT2D eigenvalue weighted by Gasteiger charge is -2.32. The molecule has 1 heterocycles. The van der Waals surface area contributed by atoms with Gasteiger partial charge in [0.15, 0.2) is 4.91 Å². The Hall–Kier alpha value is -1.71. The third kappa shape index (κ3) is 3.37. The summed E-state index contributed by atoms with van der Waals surface area (Å²) in [6.07, 6.45) is 1.86. The van der Waals surface area contributed by atoms with E-state index in [1.165, 1.54) is 24.3 Å². The van der Waals surface area contributed by atoms with Crippen molar-refractivity contribution in [3.63, 3.8) is 0 Å². The van der Waals surface area contributed by atoms with Gasteiger partial charge in [0.05, 0.1) is 4.90 Å².